The first-order chi connectivity index (χ1) is 11.1. The molecule has 0 aromatic carbocycles. The van der Waals surface area contributed by atoms with Crippen LogP contribution in [-0.2, 0) is 24.7 Å². The van der Waals surface area contributed by atoms with E-state index in [9.17, 15) is 21.6 Å². The number of carbonyl (C=O) groups excluding carboxylic acids is 1. The van der Waals surface area contributed by atoms with Crippen molar-refractivity contribution < 1.29 is 21.6 Å². The molecule has 1 unspecified atom stereocenters. The predicted molar refractivity (Wildman–Crippen MR) is 92.9 cm³/mol. The molecule has 9 heteroatoms. The van der Waals surface area contributed by atoms with Crippen molar-refractivity contribution in [2.75, 3.05) is 30.9 Å². The largest absolute Gasteiger partial charge is 0.339 e. The van der Waals surface area contributed by atoms with Crippen molar-refractivity contribution in [1.29, 1.82) is 0 Å². The summed E-state index contributed by atoms with van der Waals surface area (Å²) in [4.78, 5) is 14.1. The van der Waals surface area contributed by atoms with Crippen LogP contribution in [0.3, 0.4) is 0 Å². The zero-order valence-electron chi connectivity index (χ0n) is 14.5. The molecule has 1 atom stereocenters. The lowest BCUT2D eigenvalue weighted by atomic mass is 10.2. The second-order valence-electron chi connectivity index (χ2n) is 6.80. The molecule has 1 aliphatic heterocycles. The first-order valence-electron chi connectivity index (χ1n) is 8.61. The van der Waals surface area contributed by atoms with Crippen molar-refractivity contribution in [3.8, 4) is 0 Å². The van der Waals surface area contributed by atoms with Crippen molar-refractivity contribution in [3.63, 3.8) is 0 Å². The number of amides is 1. The molecule has 0 bridgehead atoms. The van der Waals surface area contributed by atoms with Crippen molar-refractivity contribution in [2.24, 2.45) is 0 Å². The van der Waals surface area contributed by atoms with E-state index in [4.69, 9.17) is 0 Å². The highest BCUT2D eigenvalue weighted by atomic mass is 32.2. The molecule has 7 nitrogen and oxygen atoms in total. The van der Waals surface area contributed by atoms with Crippen LogP contribution in [0.1, 0.15) is 45.4 Å². The first-order valence-corrected chi connectivity index (χ1v) is 12.3. The van der Waals surface area contributed by atoms with Crippen molar-refractivity contribution in [3.05, 3.63) is 0 Å². The van der Waals surface area contributed by atoms with E-state index in [2.05, 4.69) is 0 Å². The lowest BCUT2D eigenvalue weighted by molar-refractivity contribution is -0.133. The zero-order chi connectivity index (χ0) is 18.0. The molecule has 1 heterocycles. The van der Waals surface area contributed by atoms with E-state index in [1.54, 1.807) is 4.90 Å². The molecular formula is C15H28N2O5S2. The van der Waals surface area contributed by atoms with Crippen LogP contribution in [0, 0.1) is 0 Å². The molecular weight excluding hydrogens is 352 g/mol. The maximum Gasteiger partial charge on any atom is 0.224 e. The number of sulfone groups is 1. The van der Waals surface area contributed by atoms with Crippen LogP contribution in [0.5, 0.6) is 0 Å². The molecule has 2 rings (SSSR count). The van der Waals surface area contributed by atoms with Crippen LogP contribution in [0.2, 0.25) is 0 Å². The molecule has 2 aliphatic rings. The fourth-order valence-corrected chi connectivity index (χ4v) is 6.73. The van der Waals surface area contributed by atoms with Gasteiger partial charge in [-0.2, -0.15) is 4.31 Å². The highest BCUT2D eigenvalue weighted by Gasteiger charge is 2.35. The van der Waals surface area contributed by atoms with Gasteiger partial charge in [0.15, 0.2) is 9.84 Å². The number of hydrogen-bond donors (Lipinski definition) is 0. The molecule has 0 aromatic rings. The molecule has 1 saturated carbocycles. The number of carbonyl (C=O) groups is 1. The van der Waals surface area contributed by atoms with E-state index >= 15 is 0 Å². The Morgan fingerprint density at radius 2 is 1.75 bits per heavy atom. The molecule has 2 fully saturated rings. The lowest BCUT2D eigenvalue weighted by Crippen LogP contribution is -2.44. The third-order valence-electron chi connectivity index (χ3n) is 5.01. The standard InChI is InChI=1S/C15H28N2O5S2/c1-3-16(14-9-11-24(21,22)12-14)15(18)8-10-17(23(2,19)20)13-6-4-5-7-13/h13-14H,3-12H2,1-2H3. The Kier molecular flexibility index (Phi) is 6.30. The molecule has 0 aromatic heterocycles. The van der Waals surface area contributed by atoms with Crippen LogP contribution < -0.4 is 0 Å². The Hall–Kier alpha value is -0.670. The van der Waals surface area contributed by atoms with Crippen molar-refractivity contribution >= 4 is 25.8 Å². The minimum Gasteiger partial charge on any atom is -0.339 e. The van der Waals surface area contributed by atoms with Crippen molar-refractivity contribution in [1.82, 2.24) is 9.21 Å². The van der Waals surface area contributed by atoms with E-state index < -0.39 is 19.9 Å². The van der Waals surface area contributed by atoms with Gasteiger partial charge in [0.05, 0.1) is 17.8 Å². The summed E-state index contributed by atoms with van der Waals surface area (Å²) in [5.74, 6) is -0.0180. The number of hydrogen-bond acceptors (Lipinski definition) is 5. The van der Waals surface area contributed by atoms with Crippen LogP contribution in [0.4, 0.5) is 0 Å². The predicted octanol–water partition coefficient (Wildman–Crippen LogP) is 0.616. The smallest absolute Gasteiger partial charge is 0.224 e. The zero-order valence-corrected chi connectivity index (χ0v) is 16.1. The summed E-state index contributed by atoms with van der Waals surface area (Å²) in [5.41, 5.74) is 0. The molecule has 140 valence electrons. The lowest BCUT2D eigenvalue weighted by Gasteiger charge is -2.30. The van der Waals surface area contributed by atoms with Crippen LogP contribution >= 0.6 is 0 Å². The second-order valence-corrected chi connectivity index (χ2v) is 11.0. The van der Waals surface area contributed by atoms with Gasteiger partial charge in [-0.3, -0.25) is 4.79 Å². The SMILES string of the molecule is CCN(C(=O)CCN(C1CCCC1)S(C)(=O)=O)C1CCS(=O)(=O)C1. The summed E-state index contributed by atoms with van der Waals surface area (Å²) in [6.07, 6.45) is 5.50. The Balaban J connectivity index is 1.98. The molecule has 24 heavy (non-hydrogen) atoms. The maximum absolute atomic E-state index is 12.5. The van der Waals surface area contributed by atoms with Crippen molar-refractivity contribution in [2.45, 2.75) is 57.5 Å². The molecule has 1 amide bonds. The quantitative estimate of drug-likeness (QED) is 0.645. The molecule has 1 saturated heterocycles. The monoisotopic (exact) mass is 380 g/mol. The van der Waals surface area contributed by atoms with Gasteiger partial charge in [-0.05, 0) is 26.2 Å². The molecule has 1 aliphatic carbocycles. The number of rotatable bonds is 7. The summed E-state index contributed by atoms with van der Waals surface area (Å²) < 4.78 is 48.8. The number of sulfonamides is 1. The normalized spacial score (nSPS) is 24.5. The van der Waals surface area contributed by atoms with Crippen LogP contribution in [-0.4, -0.2) is 74.9 Å². The number of nitrogens with zero attached hydrogens (tertiary/aromatic N) is 2. The van der Waals surface area contributed by atoms with Crippen LogP contribution in [0.15, 0.2) is 0 Å². The fraction of sp³-hybridized carbons (Fsp3) is 0.933. The van der Waals surface area contributed by atoms with Crippen LogP contribution in [0.25, 0.3) is 0 Å². The minimum absolute atomic E-state index is 0.00488. The average molecular weight is 381 g/mol. The summed E-state index contributed by atoms with van der Waals surface area (Å²) in [6, 6.07) is -0.277. The van der Waals surface area contributed by atoms with Gasteiger partial charge in [-0.15, -0.1) is 0 Å². The van der Waals surface area contributed by atoms with Gasteiger partial charge in [0.25, 0.3) is 0 Å². The Morgan fingerprint density at radius 1 is 1.12 bits per heavy atom. The summed E-state index contributed by atoms with van der Waals surface area (Å²) in [5, 5.41) is 0. The Morgan fingerprint density at radius 3 is 2.21 bits per heavy atom. The average Bonchev–Trinajstić information content (AvgIpc) is 3.08. The Bertz CT molecular complexity index is 653. The van der Waals surface area contributed by atoms with Gasteiger partial charge in [0.2, 0.25) is 15.9 Å². The Labute approximate surface area is 145 Å². The topological polar surface area (TPSA) is 91.8 Å². The second kappa shape index (κ2) is 7.70. The molecule has 0 radical (unpaired) electrons. The van der Waals surface area contributed by atoms with E-state index in [1.165, 1.54) is 10.6 Å². The van der Waals surface area contributed by atoms with Gasteiger partial charge < -0.3 is 4.90 Å². The van der Waals surface area contributed by atoms with E-state index in [0.29, 0.717) is 13.0 Å². The summed E-state index contributed by atoms with van der Waals surface area (Å²) in [6.45, 7) is 2.45. The third kappa shape index (κ3) is 4.92. The third-order valence-corrected chi connectivity index (χ3v) is 8.10. The summed E-state index contributed by atoms with van der Waals surface area (Å²) in [7, 11) is -6.40. The van der Waals surface area contributed by atoms with Gasteiger partial charge in [-0.1, -0.05) is 12.8 Å². The van der Waals surface area contributed by atoms with E-state index in [0.717, 1.165) is 25.7 Å². The highest BCUT2D eigenvalue weighted by molar-refractivity contribution is 7.91. The highest BCUT2D eigenvalue weighted by Crippen LogP contribution is 2.26. The summed E-state index contributed by atoms with van der Waals surface area (Å²) >= 11 is 0. The van der Waals surface area contributed by atoms with Gasteiger partial charge in [0, 0.05) is 31.6 Å². The van der Waals surface area contributed by atoms with E-state index in [-0.39, 0.29) is 42.5 Å². The fourth-order valence-electron chi connectivity index (χ4n) is 3.82. The van der Waals surface area contributed by atoms with Gasteiger partial charge >= 0.3 is 0 Å². The molecule has 0 spiro atoms. The van der Waals surface area contributed by atoms with Gasteiger partial charge in [0.1, 0.15) is 0 Å². The van der Waals surface area contributed by atoms with E-state index in [1.807, 2.05) is 6.92 Å². The molecule has 0 N–H and O–H groups in total. The first kappa shape index (κ1) is 19.7. The van der Waals surface area contributed by atoms with Gasteiger partial charge in [-0.25, -0.2) is 16.8 Å². The minimum atomic E-state index is -3.35. The maximum atomic E-state index is 12.5.